The van der Waals surface area contributed by atoms with Crippen LogP contribution in [0.5, 0.6) is 5.75 Å². The van der Waals surface area contributed by atoms with Gasteiger partial charge in [-0.3, -0.25) is 0 Å². The zero-order valence-electron chi connectivity index (χ0n) is 8.41. The van der Waals surface area contributed by atoms with Gasteiger partial charge in [0.1, 0.15) is 11.6 Å². The molecule has 2 rings (SSSR count). The van der Waals surface area contributed by atoms with Crippen LogP contribution in [0.1, 0.15) is 11.7 Å². The molecule has 0 bridgehead atoms. The van der Waals surface area contributed by atoms with Gasteiger partial charge in [-0.05, 0) is 34.1 Å². The molecule has 0 aliphatic rings. The van der Waals surface area contributed by atoms with Crippen LogP contribution in [0.25, 0.3) is 0 Å². The van der Waals surface area contributed by atoms with Crippen molar-refractivity contribution in [1.82, 2.24) is 10.1 Å². The number of hydrogen-bond donors (Lipinski definition) is 0. The molecule has 0 spiro atoms. The van der Waals surface area contributed by atoms with Gasteiger partial charge in [0.05, 0.1) is 4.47 Å². The number of aromatic nitrogens is 2. The van der Waals surface area contributed by atoms with Gasteiger partial charge >= 0.3 is 0 Å². The topological polar surface area (TPSA) is 48.2 Å². The quantitative estimate of drug-likeness (QED) is 0.871. The predicted molar refractivity (Wildman–Crippen MR) is 57.5 cm³/mol. The smallest absolute Gasteiger partial charge is 0.223 e. The van der Waals surface area contributed by atoms with Crippen LogP contribution in [-0.4, -0.2) is 10.1 Å². The van der Waals surface area contributed by atoms with Crippen molar-refractivity contribution >= 4 is 15.9 Å². The molecule has 1 aromatic heterocycles. The van der Waals surface area contributed by atoms with E-state index in [9.17, 15) is 4.39 Å². The molecular weight excluding hydrogens is 279 g/mol. The van der Waals surface area contributed by atoms with Crippen LogP contribution < -0.4 is 4.74 Å². The summed E-state index contributed by atoms with van der Waals surface area (Å²) in [6, 6.07) is 4.19. The lowest BCUT2D eigenvalue weighted by atomic mass is 10.3. The van der Waals surface area contributed by atoms with E-state index in [0.717, 1.165) is 0 Å². The molecule has 0 amide bonds. The molecule has 0 aliphatic carbocycles. The molecule has 0 radical (unpaired) electrons. The number of rotatable bonds is 3. The second-order valence-corrected chi connectivity index (χ2v) is 3.95. The van der Waals surface area contributed by atoms with E-state index in [1.54, 1.807) is 6.92 Å². The maximum absolute atomic E-state index is 12.8. The van der Waals surface area contributed by atoms with E-state index in [4.69, 9.17) is 9.26 Å². The van der Waals surface area contributed by atoms with E-state index < -0.39 is 0 Å². The van der Waals surface area contributed by atoms with Gasteiger partial charge in [0.25, 0.3) is 0 Å². The van der Waals surface area contributed by atoms with Gasteiger partial charge in [-0.15, -0.1) is 0 Å². The molecule has 0 N–H and O–H groups in total. The summed E-state index contributed by atoms with van der Waals surface area (Å²) in [6.45, 7) is 1.88. The highest BCUT2D eigenvalue weighted by Gasteiger charge is 2.06. The molecule has 0 fully saturated rings. The third kappa shape index (κ3) is 2.57. The summed E-state index contributed by atoms with van der Waals surface area (Å²) in [6.07, 6.45) is 0. The average molecular weight is 287 g/mol. The number of halogens is 2. The molecule has 6 heteroatoms. The molecule has 0 aliphatic heterocycles. The van der Waals surface area contributed by atoms with Gasteiger partial charge in [0.15, 0.2) is 6.61 Å². The lowest BCUT2D eigenvalue weighted by Crippen LogP contribution is -1.98. The summed E-state index contributed by atoms with van der Waals surface area (Å²) in [5, 5.41) is 3.68. The number of nitrogens with zero attached hydrogens (tertiary/aromatic N) is 2. The van der Waals surface area contributed by atoms with Crippen LogP contribution in [0.2, 0.25) is 0 Å². The third-order valence-corrected chi connectivity index (χ3v) is 2.44. The largest absolute Gasteiger partial charge is 0.484 e. The van der Waals surface area contributed by atoms with Crippen molar-refractivity contribution in [3.63, 3.8) is 0 Å². The third-order valence-electron chi connectivity index (χ3n) is 1.82. The minimum Gasteiger partial charge on any atom is -0.484 e. The van der Waals surface area contributed by atoms with Crippen LogP contribution in [-0.2, 0) is 6.61 Å². The Kier molecular flexibility index (Phi) is 3.19. The fourth-order valence-electron chi connectivity index (χ4n) is 1.13. The van der Waals surface area contributed by atoms with Crippen LogP contribution in [0.15, 0.2) is 27.2 Å². The Morgan fingerprint density at radius 2 is 2.31 bits per heavy atom. The predicted octanol–water partition coefficient (Wildman–Crippen LogP) is 2.86. The Morgan fingerprint density at radius 3 is 2.94 bits per heavy atom. The van der Waals surface area contributed by atoms with Crippen LogP contribution in [0.3, 0.4) is 0 Å². The lowest BCUT2D eigenvalue weighted by Gasteiger charge is -2.05. The van der Waals surface area contributed by atoms with Gasteiger partial charge in [0, 0.05) is 6.92 Å². The van der Waals surface area contributed by atoms with Gasteiger partial charge in [-0.2, -0.15) is 4.98 Å². The molecule has 1 heterocycles. The Hall–Kier alpha value is -1.43. The zero-order chi connectivity index (χ0) is 11.5. The van der Waals surface area contributed by atoms with Gasteiger partial charge in [-0.1, -0.05) is 5.16 Å². The molecule has 0 unspecified atom stereocenters. The molecule has 0 saturated carbocycles. The fraction of sp³-hybridized carbons (Fsp3) is 0.200. The van der Waals surface area contributed by atoms with E-state index in [1.807, 2.05) is 0 Å². The number of ether oxygens (including phenoxy) is 1. The first-order valence-electron chi connectivity index (χ1n) is 4.52. The van der Waals surface area contributed by atoms with Gasteiger partial charge < -0.3 is 9.26 Å². The van der Waals surface area contributed by atoms with E-state index in [2.05, 4.69) is 26.1 Å². The molecule has 4 nitrogen and oxygen atoms in total. The van der Waals surface area contributed by atoms with Crippen molar-refractivity contribution in [2.24, 2.45) is 0 Å². The minimum absolute atomic E-state index is 0.182. The van der Waals surface area contributed by atoms with E-state index >= 15 is 0 Å². The van der Waals surface area contributed by atoms with E-state index in [0.29, 0.717) is 21.9 Å². The molecule has 0 saturated heterocycles. The second-order valence-electron chi connectivity index (χ2n) is 3.09. The molecular formula is C10H8BrFN2O2. The van der Waals surface area contributed by atoms with Crippen LogP contribution >= 0.6 is 15.9 Å². The zero-order valence-corrected chi connectivity index (χ0v) is 9.99. The minimum atomic E-state index is -0.324. The van der Waals surface area contributed by atoms with Gasteiger partial charge in [-0.25, -0.2) is 4.39 Å². The maximum Gasteiger partial charge on any atom is 0.223 e. The molecule has 84 valence electrons. The highest BCUT2D eigenvalue weighted by atomic mass is 79.9. The second kappa shape index (κ2) is 4.61. The van der Waals surface area contributed by atoms with Crippen LogP contribution in [0, 0.1) is 12.7 Å². The van der Waals surface area contributed by atoms with Crippen molar-refractivity contribution in [3.8, 4) is 5.75 Å². The monoisotopic (exact) mass is 286 g/mol. The fourth-order valence-corrected chi connectivity index (χ4v) is 1.60. The first-order chi connectivity index (χ1) is 7.65. The Morgan fingerprint density at radius 1 is 1.50 bits per heavy atom. The molecule has 2 aromatic rings. The summed E-state index contributed by atoms with van der Waals surface area (Å²) in [4.78, 5) is 3.98. The number of hydrogen-bond acceptors (Lipinski definition) is 4. The molecule has 16 heavy (non-hydrogen) atoms. The maximum atomic E-state index is 12.8. The van der Waals surface area contributed by atoms with Gasteiger partial charge in [0.2, 0.25) is 11.7 Å². The Bertz CT molecular complexity index is 501. The van der Waals surface area contributed by atoms with Crippen molar-refractivity contribution in [1.29, 1.82) is 0 Å². The summed E-state index contributed by atoms with van der Waals surface area (Å²) >= 11 is 3.20. The SMILES string of the molecule is Cc1nc(COc2ccc(F)cc2Br)no1. The standard InChI is InChI=1S/C10H8BrFN2O2/c1-6-13-10(14-16-6)5-15-9-3-2-7(12)4-8(9)11/h2-4H,5H2,1H3. The summed E-state index contributed by atoms with van der Waals surface area (Å²) in [5.74, 6) is 1.14. The number of benzene rings is 1. The Balaban J connectivity index is 2.04. The average Bonchev–Trinajstić information content (AvgIpc) is 2.63. The normalized spacial score (nSPS) is 10.4. The van der Waals surface area contributed by atoms with Crippen molar-refractivity contribution in [2.75, 3.05) is 0 Å². The molecule has 0 atom stereocenters. The number of aryl methyl sites for hydroxylation is 1. The first kappa shape index (κ1) is 11.1. The van der Waals surface area contributed by atoms with Crippen molar-refractivity contribution < 1.29 is 13.7 Å². The van der Waals surface area contributed by atoms with Crippen LogP contribution in [0.4, 0.5) is 4.39 Å². The van der Waals surface area contributed by atoms with Crippen molar-refractivity contribution in [2.45, 2.75) is 13.5 Å². The van der Waals surface area contributed by atoms with E-state index in [1.165, 1.54) is 18.2 Å². The summed E-state index contributed by atoms with van der Waals surface area (Å²) in [5.41, 5.74) is 0. The first-order valence-corrected chi connectivity index (χ1v) is 5.31. The van der Waals surface area contributed by atoms with Crippen molar-refractivity contribution in [3.05, 3.63) is 40.2 Å². The highest BCUT2D eigenvalue weighted by Crippen LogP contribution is 2.25. The van der Waals surface area contributed by atoms with E-state index in [-0.39, 0.29) is 12.4 Å². The highest BCUT2D eigenvalue weighted by molar-refractivity contribution is 9.10. The molecule has 1 aromatic carbocycles. The Labute approximate surface area is 99.5 Å². The lowest BCUT2D eigenvalue weighted by molar-refractivity contribution is 0.283. The summed E-state index contributed by atoms with van der Waals surface area (Å²) < 4.78 is 23.5. The summed E-state index contributed by atoms with van der Waals surface area (Å²) in [7, 11) is 0.